The number of aromatic nitrogens is 3. The summed E-state index contributed by atoms with van der Waals surface area (Å²) < 4.78 is 72.7. The van der Waals surface area contributed by atoms with Crippen molar-refractivity contribution in [3.63, 3.8) is 0 Å². The standard InChI is InChI=1S/C68H76F5N11O6S/c1-39-35-83(36-40(2)80(39)8)57-32-55(70)53(31-56(57)78-63(88)52-20-19-50(69)29-54(52)68(71,72)73)49-33-74-66(75-34-49)82-23-21-81(22-24-82)60(87)28-44-12-10-14-48(26-44)47-13-9-11-43(25-47)27-59(86)79-62(67(5,6)7)65(90)84-37-51(85)30-58(84)64(89)77-41(3)45-15-17-46(18-16-45)61-42(4)76-38-91-61/h9-20,25-26,29,31,33-34,38-41,51,55,58,62,85H,21-24,27-28,30,32,35-37H2,1-8H3,(H,77,89)(H,78,88)(H,79,86)/t39-,40+,41-,51+,55?,58-,62+/m0/s1. The molecule has 3 fully saturated rings. The van der Waals surface area contributed by atoms with Crippen LogP contribution in [-0.2, 0) is 38.2 Å². The van der Waals surface area contributed by atoms with Crippen LogP contribution in [0.2, 0.25) is 0 Å². The van der Waals surface area contributed by atoms with Gasteiger partial charge in [0.15, 0.2) is 0 Å². The average molecular weight is 1270 g/mol. The number of hydrogen-bond donors (Lipinski definition) is 4. The van der Waals surface area contributed by atoms with Gasteiger partial charge in [-0.05, 0) is 103 Å². The smallest absolute Gasteiger partial charge is 0.391 e. The number of anilines is 1. The fraction of sp³-hybridized carbons (Fsp3) is 0.412. The molecule has 23 heteroatoms. The van der Waals surface area contributed by atoms with E-state index in [9.17, 15) is 46.6 Å². The molecule has 0 saturated carbocycles. The number of thiazole rings is 1. The minimum Gasteiger partial charge on any atom is -0.391 e. The SMILES string of the molecule is Cc1ncsc1-c1ccc([C@H](C)NC(=O)[C@@H]2C[C@@H](O)CN2C(=O)[C@@H](NC(=O)Cc2cccc(-c3cccc(CC(=O)N4CCN(c5ncc(C6=CC(NC(=O)c7ccc(F)cc7C(F)(F)F)=C(N7C[C@@H](C)N(C)[C@@H](C)C7)CC6F)cn5)CC4)c3)c2)C(C)(C)C)cc1. The number of aryl methyl sites for hydroxylation is 1. The first-order valence-corrected chi connectivity index (χ1v) is 31.4. The molecule has 7 atom stereocenters. The second-order valence-corrected chi connectivity index (χ2v) is 26.2. The predicted molar refractivity (Wildman–Crippen MR) is 338 cm³/mol. The van der Waals surface area contributed by atoms with Gasteiger partial charge in [0.2, 0.25) is 29.6 Å². The van der Waals surface area contributed by atoms with E-state index in [1.165, 1.54) is 23.4 Å². The van der Waals surface area contributed by atoms with Gasteiger partial charge in [-0.15, -0.1) is 11.3 Å². The van der Waals surface area contributed by atoms with Gasteiger partial charge < -0.3 is 40.7 Å². The predicted octanol–water partition coefficient (Wildman–Crippen LogP) is 9.33. The number of hydrogen-bond acceptors (Lipinski definition) is 13. The highest BCUT2D eigenvalue weighted by atomic mass is 32.1. The summed E-state index contributed by atoms with van der Waals surface area (Å²) in [5.41, 5.74) is 5.75. The number of likely N-dealkylation sites (tertiary alicyclic amines) is 1. The molecule has 10 rings (SSSR count). The second-order valence-electron chi connectivity index (χ2n) is 25.3. The maximum absolute atomic E-state index is 16.5. The van der Waals surface area contributed by atoms with E-state index < -0.39 is 82.6 Å². The summed E-state index contributed by atoms with van der Waals surface area (Å²) in [6, 6.07) is 22.5. The lowest BCUT2D eigenvalue weighted by molar-refractivity contribution is -0.144. The molecule has 4 aliphatic rings. The number of aliphatic hydroxyl groups excluding tert-OH is 1. The number of alkyl halides is 4. The van der Waals surface area contributed by atoms with E-state index in [4.69, 9.17) is 0 Å². The lowest BCUT2D eigenvalue weighted by Crippen LogP contribution is -2.58. The summed E-state index contributed by atoms with van der Waals surface area (Å²) in [7, 11) is 1.98. The van der Waals surface area contributed by atoms with Gasteiger partial charge in [-0.2, -0.15) is 13.2 Å². The average Bonchev–Trinajstić information content (AvgIpc) is 1.25. The highest BCUT2D eigenvalue weighted by molar-refractivity contribution is 7.13. The van der Waals surface area contributed by atoms with Gasteiger partial charge in [-0.3, -0.25) is 28.9 Å². The molecule has 5 heterocycles. The van der Waals surface area contributed by atoms with Crippen molar-refractivity contribution in [1.82, 2.24) is 50.5 Å². The summed E-state index contributed by atoms with van der Waals surface area (Å²) in [6.07, 6.45) is -3.25. The molecular weight excluding hydrogens is 1190 g/mol. The highest BCUT2D eigenvalue weighted by Crippen LogP contribution is 2.38. The van der Waals surface area contributed by atoms with E-state index in [2.05, 4.69) is 35.8 Å². The Hall–Kier alpha value is -8.41. The molecule has 6 aromatic rings. The van der Waals surface area contributed by atoms with Crippen LogP contribution in [-0.4, -0.2) is 158 Å². The van der Waals surface area contributed by atoms with Gasteiger partial charge >= 0.3 is 6.18 Å². The Labute approximate surface area is 530 Å². The number of nitrogens with zero attached hydrogens (tertiary/aromatic N) is 8. The molecule has 5 amide bonds. The number of amides is 5. The molecule has 17 nitrogen and oxygen atoms in total. The summed E-state index contributed by atoms with van der Waals surface area (Å²) in [5.74, 6) is -3.27. The van der Waals surface area contributed by atoms with Crippen molar-refractivity contribution >= 4 is 52.4 Å². The normalized spacial score (nSPS) is 20.7. The van der Waals surface area contributed by atoms with Gasteiger partial charge in [-0.1, -0.05) is 93.6 Å². The Morgan fingerprint density at radius 1 is 0.769 bits per heavy atom. The van der Waals surface area contributed by atoms with E-state index in [1.807, 2.05) is 138 Å². The van der Waals surface area contributed by atoms with Gasteiger partial charge in [0.05, 0.1) is 57.9 Å². The largest absolute Gasteiger partial charge is 0.417 e. The third-order valence-electron chi connectivity index (χ3n) is 17.7. The summed E-state index contributed by atoms with van der Waals surface area (Å²) in [6.45, 7) is 15.8. The van der Waals surface area contributed by atoms with Gasteiger partial charge in [-0.25, -0.2) is 23.7 Å². The number of rotatable bonds is 16. The van der Waals surface area contributed by atoms with Crippen molar-refractivity contribution in [2.75, 3.05) is 57.8 Å². The number of halogens is 5. The number of aliphatic hydroxyl groups is 1. The Balaban J connectivity index is 0.742. The maximum atomic E-state index is 16.5. The third kappa shape index (κ3) is 15.2. The Morgan fingerprint density at radius 3 is 2.01 bits per heavy atom. The molecule has 1 unspecified atom stereocenters. The minimum absolute atomic E-state index is 0.0390. The number of carbonyl (C=O) groups is 5. The maximum Gasteiger partial charge on any atom is 0.417 e. The Morgan fingerprint density at radius 2 is 1.41 bits per heavy atom. The molecule has 3 saturated heterocycles. The third-order valence-corrected chi connectivity index (χ3v) is 18.7. The van der Waals surface area contributed by atoms with E-state index in [1.54, 1.807) is 21.7 Å². The van der Waals surface area contributed by atoms with Gasteiger partial charge in [0, 0.05) is 94.4 Å². The van der Waals surface area contributed by atoms with Crippen LogP contribution < -0.4 is 20.9 Å². The molecule has 480 valence electrons. The zero-order valence-electron chi connectivity index (χ0n) is 52.2. The lowest BCUT2D eigenvalue weighted by Gasteiger charge is -2.45. The first-order valence-electron chi connectivity index (χ1n) is 30.5. The Bertz CT molecular complexity index is 3740. The number of carbonyl (C=O) groups excluding carboxylic acids is 5. The molecule has 1 aliphatic carbocycles. The van der Waals surface area contributed by atoms with Crippen LogP contribution in [0, 0.1) is 18.2 Å². The van der Waals surface area contributed by atoms with Gasteiger partial charge in [0.1, 0.15) is 24.1 Å². The van der Waals surface area contributed by atoms with Crippen LogP contribution in [0.5, 0.6) is 0 Å². The zero-order valence-corrected chi connectivity index (χ0v) is 53.0. The van der Waals surface area contributed by atoms with Crippen LogP contribution in [0.1, 0.15) is 104 Å². The number of likely N-dealkylation sites (N-methyl/N-ethyl adjacent to an activating group) is 1. The highest BCUT2D eigenvalue weighted by Gasteiger charge is 2.45. The zero-order chi connectivity index (χ0) is 65.2. The van der Waals surface area contributed by atoms with Crippen LogP contribution >= 0.6 is 11.3 Å². The number of allylic oxidation sites excluding steroid dienone is 3. The molecule has 4 N–H and O–H groups in total. The molecule has 2 aromatic heterocycles. The molecule has 91 heavy (non-hydrogen) atoms. The fourth-order valence-electron chi connectivity index (χ4n) is 12.4. The quantitative estimate of drug-likeness (QED) is 0.0672. The summed E-state index contributed by atoms with van der Waals surface area (Å²) in [5, 5.41) is 19.4. The molecular formula is C68H76F5N11O6S. The van der Waals surface area contributed by atoms with Gasteiger partial charge in [0.25, 0.3) is 5.91 Å². The van der Waals surface area contributed by atoms with Crippen molar-refractivity contribution in [3.8, 4) is 21.6 Å². The molecule has 0 spiro atoms. The Kier molecular flexibility index (Phi) is 19.6. The van der Waals surface area contributed by atoms with Crippen LogP contribution in [0.15, 0.2) is 126 Å². The van der Waals surface area contributed by atoms with E-state index in [-0.39, 0.29) is 67.6 Å². The first kappa shape index (κ1) is 65.5. The van der Waals surface area contributed by atoms with Crippen molar-refractivity contribution in [3.05, 3.63) is 171 Å². The first-order chi connectivity index (χ1) is 43.2. The lowest BCUT2D eigenvalue weighted by atomic mass is 9.85. The van der Waals surface area contributed by atoms with E-state index in [0.29, 0.717) is 62.0 Å². The number of piperazine rings is 2. The van der Waals surface area contributed by atoms with Crippen LogP contribution in [0.4, 0.5) is 27.9 Å². The van der Waals surface area contributed by atoms with Crippen molar-refractivity contribution in [1.29, 1.82) is 0 Å². The second kappa shape index (κ2) is 27.2. The monoisotopic (exact) mass is 1270 g/mol. The van der Waals surface area contributed by atoms with E-state index in [0.717, 1.165) is 50.5 Å². The molecule has 0 radical (unpaired) electrons. The molecule has 4 aromatic carbocycles. The molecule has 0 bridgehead atoms. The number of nitrogens with one attached hydrogen (secondary N) is 3. The fourth-order valence-corrected chi connectivity index (χ4v) is 13.2. The topological polar surface area (TPSA) is 197 Å². The van der Waals surface area contributed by atoms with Crippen molar-refractivity contribution < 1.29 is 51.0 Å². The summed E-state index contributed by atoms with van der Waals surface area (Å²) in [4.78, 5) is 93.4. The van der Waals surface area contributed by atoms with E-state index >= 15 is 4.39 Å². The van der Waals surface area contributed by atoms with Crippen molar-refractivity contribution in [2.45, 2.75) is 123 Å². The number of benzene rings is 4. The minimum atomic E-state index is -5.02. The van der Waals surface area contributed by atoms with Crippen LogP contribution in [0.3, 0.4) is 0 Å². The van der Waals surface area contributed by atoms with Crippen molar-refractivity contribution in [2.24, 2.45) is 5.41 Å². The summed E-state index contributed by atoms with van der Waals surface area (Å²) >= 11 is 1.56. The number of β-amino-alcohol motifs (C(OH)–C–C–N with tert-alkyl or cyclic N) is 1. The molecule has 3 aliphatic heterocycles. The van der Waals surface area contributed by atoms with Crippen LogP contribution in [0.25, 0.3) is 27.1 Å².